The molecule has 0 unspecified atom stereocenters. The fraction of sp³-hybridized carbons (Fsp3) is 0.562. The Kier molecular flexibility index (Phi) is 5.41. The largest absolute Gasteiger partial charge is 0.480 e. The van der Waals surface area contributed by atoms with Gasteiger partial charge >= 0.3 is 5.97 Å². The summed E-state index contributed by atoms with van der Waals surface area (Å²) in [5, 5.41) is 8.75. The van der Waals surface area contributed by atoms with E-state index < -0.39 is 5.97 Å². The first-order valence-electron chi connectivity index (χ1n) is 7.39. The second kappa shape index (κ2) is 7.29. The maximum Gasteiger partial charge on any atom is 0.317 e. The predicted molar refractivity (Wildman–Crippen MR) is 81.1 cm³/mol. The molecule has 1 fully saturated rings. The van der Waals surface area contributed by atoms with Crippen LogP contribution >= 0.6 is 0 Å². The van der Waals surface area contributed by atoms with Gasteiger partial charge in [0.05, 0.1) is 6.54 Å². The minimum absolute atomic E-state index is 0.0773. The van der Waals surface area contributed by atoms with E-state index in [0.717, 1.165) is 18.7 Å². The van der Waals surface area contributed by atoms with Gasteiger partial charge < -0.3 is 10.0 Å². The van der Waals surface area contributed by atoms with Gasteiger partial charge in [0.15, 0.2) is 0 Å². The highest BCUT2D eigenvalue weighted by Gasteiger charge is 2.10. The van der Waals surface area contributed by atoms with Crippen molar-refractivity contribution in [2.75, 3.05) is 31.6 Å². The molecule has 0 aliphatic carbocycles. The van der Waals surface area contributed by atoms with Gasteiger partial charge in [-0.1, -0.05) is 25.0 Å². The Balaban J connectivity index is 1.93. The van der Waals surface area contributed by atoms with Gasteiger partial charge in [-0.2, -0.15) is 0 Å². The summed E-state index contributed by atoms with van der Waals surface area (Å²) in [6, 6.07) is 8.54. The summed E-state index contributed by atoms with van der Waals surface area (Å²) < 4.78 is 0. The Bertz CT molecular complexity index is 423. The summed E-state index contributed by atoms with van der Waals surface area (Å²) >= 11 is 0. The highest BCUT2D eigenvalue weighted by Crippen LogP contribution is 2.20. The molecule has 1 aliphatic heterocycles. The molecule has 0 spiro atoms. The summed E-state index contributed by atoms with van der Waals surface area (Å²) in [7, 11) is 1.83. The van der Waals surface area contributed by atoms with Gasteiger partial charge in [0.2, 0.25) is 0 Å². The van der Waals surface area contributed by atoms with Gasteiger partial charge in [0, 0.05) is 25.3 Å². The van der Waals surface area contributed by atoms with Crippen molar-refractivity contribution in [1.29, 1.82) is 0 Å². The number of hydrogen-bond acceptors (Lipinski definition) is 3. The normalized spacial score (nSPS) is 16.2. The summed E-state index contributed by atoms with van der Waals surface area (Å²) in [6.45, 7) is 3.05. The molecule has 110 valence electrons. The fourth-order valence-electron chi connectivity index (χ4n) is 2.74. The molecule has 4 heteroatoms. The zero-order chi connectivity index (χ0) is 14.4. The maximum atomic E-state index is 10.6. The maximum absolute atomic E-state index is 10.6. The van der Waals surface area contributed by atoms with Crippen LogP contribution in [0.2, 0.25) is 0 Å². The Morgan fingerprint density at radius 3 is 2.30 bits per heavy atom. The molecule has 4 nitrogen and oxygen atoms in total. The molecule has 1 aromatic rings. The molecule has 1 N–H and O–H groups in total. The first kappa shape index (κ1) is 14.9. The van der Waals surface area contributed by atoms with E-state index in [1.807, 2.05) is 11.9 Å². The van der Waals surface area contributed by atoms with Crippen molar-refractivity contribution >= 4 is 11.7 Å². The molecule has 1 aromatic carbocycles. The molecular weight excluding hydrogens is 252 g/mol. The smallest absolute Gasteiger partial charge is 0.317 e. The molecular formula is C16H24N2O2. The van der Waals surface area contributed by atoms with Crippen molar-refractivity contribution in [2.24, 2.45) is 0 Å². The summed E-state index contributed by atoms with van der Waals surface area (Å²) in [5.74, 6) is -0.784. The van der Waals surface area contributed by atoms with Gasteiger partial charge in [0.1, 0.15) is 0 Å². The second-order valence-corrected chi connectivity index (χ2v) is 5.63. The molecule has 1 heterocycles. The molecule has 0 saturated carbocycles. The fourth-order valence-corrected chi connectivity index (χ4v) is 2.74. The van der Waals surface area contributed by atoms with Crippen molar-refractivity contribution in [1.82, 2.24) is 4.90 Å². The van der Waals surface area contributed by atoms with E-state index in [1.54, 1.807) is 0 Å². The minimum atomic E-state index is -0.784. The number of carboxylic acids is 1. The van der Waals surface area contributed by atoms with Crippen LogP contribution in [0.5, 0.6) is 0 Å². The van der Waals surface area contributed by atoms with Crippen LogP contribution in [-0.2, 0) is 11.3 Å². The van der Waals surface area contributed by atoms with Crippen LogP contribution in [0, 0.1) is 0 Å². The highest BCUT2D eigenvalue weighted by atomic mass is 16.4. The van der Waals surface area contributed by atoms with Gasteiger partial charge in [-0.15, -0.1) is 0 Å². The van der Waals surface area contributed by atoms with E-state index in [1.165, 1.54) is 31.4 Å². The Labute approximate surface area is 121 Å². The molecule has 0 amide bonds. The summed E-state index contributed by atoms with van der Waals surface area (Å²) in [6.07, 6.45) is 5.25. The van der Waals surface area contributed by atoms with Crippen molar-refractivity contribution in [2.45, 2.75) is 32.2 Å². The molecule has 0 aromatic heterocycles. The SMILES string of the molecule is CN(CC(=O)O)Cc1ccc(N2CCCCCC2)cc1. The number of aliphatic carboxylic acids is 1. The van der Waals surface area contributed by atoms with E-state index in [9.17, 15) is 4.79 Å². The first-order valence-corrected chi connectivity index (χ1v) is 7.39. The standard InChI is InChI=1S/C16H24N2O2/c1-17(13-16(19)20)12-14-6-8-15(9-7-14)18-10-4-2-3-5-11-18/h6-9H,2-5,10-13H2,1H3,(H,19,20). The highest BCUT2D eigenvalue weighted by molar-refractivity contribution is 5.69. The quantitative estimate of drug-likeness (QED) is 0.897. The lowest BCUT2D eigenvalue weighted by Gasteiger charge is -2.23. The number of nitrogens with zero attached hydrogens (tertiary/aromatic N) is 2. The third kappa shape index (κ3) is 4.53. The molecule has 1 saturated heterocycles. The second-order valence-electron chi connectivity index (χ2n) is 5.63. The van der Waals surface area contributed by atoms with Crippen LogP contribution in [-0.4, -0.2) is 42.7 Å². The minimum Gasteiger partial charge on any atom is -0.480 e. The van der Waals surface area contributed by atoms with Crippen LogP contribution in [0.4, 0.5) is 5.69 Å². The van der Waals surface area contributed by atoms with Crippen molar-refractivity contribution in [3.63, 3.8) is 0 Å². The molecule has 1 aliphatic rings. The van der Waals surface area contributed by atoms with Crippen LogP contribution < -0.4 is 4.90 Å². The number of likely N-dealkylation sites (N-methyl/N-ethyl adjacent to an activating group) is 1. The average molecular weight is 276 g/mol. The average Bonchev–Trinajstić information content (AvgIpc) is 2.67. The predicted octanol–water partition coefficient (Wildman–Crippen LogP) is 2.58. The molecule has 0 radical (unpaired) electrons. The van der Waals surface area contributed by atoms with E-state index in [2.05, 4.69) is 29.2 Å². The van der Waals surface area contributed by atoms with Crippen LogP contribution in [0.25, 0.3) is 0 Å². The van der Waals surface area contributed by atoms with Gasteiger partial charge in [-0.25, -0.2) is 0 Å². The molecule has 0 bridgehead atoms. The van der Waals surface area contributed by atoms with Crippen molar-refractivity contribution in [3.05, 3.63) is 29.8 Å². The molecule has 2 rings (SSSR count). The first-order chi connectivity index (χ1) is 9.65. The van der Waals surface area contributed by atoms with Crippen molar-refractivity contribution in [3.8, 4) is 0 Å². The van der Waals surface area contributed by atoms with Gasteiger partial charge in [0.25, 0.3) is 0 Å². The lowest BCUT2D eigenvalue weighted by Crippen LogP contribution is -2.25. The van der Waals surface area contributed by atoms with Crippen LogP contribution in [0.1, 0.15) is 31.2 Å². The lowest BCUT2D eigenvalue weighted by atomic mass is 10.2. The van der Waals surface area contributed by atoms with Crippen molar-refractivity contribution < 1.29 is 9.90 Å². The van der Waals surface area contributed by atoms with Gasteiger partial charge in [-0.3, -0.25) is 9.69 Å². The van der Waals surface area contributed by atoms with E-state index >= 15 is 0 Å². The molecule has 20 heavy (non-hydrogen) atoms. The topological polar surface area (TPSA) is 43.8 Å². The third-order valence-electron chi connectivity index (χ3n) is 3.77. The lowest BCUT2D eigenvalue weighted by molar-refractivity contribution is -0.138. The Morgan fingerprint density at radius 1 is 1.15 bits per heavy atom. The number of rotatable bonds is 5. The number of carbonyl (C=O) groups is 1. The van der Waals surface area contributed by atoms with E-state index in [-0.39, 0.29) is 6.54 Å². The Hall–Kier alpha value is -1.55. The summed E-state index contributed by atoms with van der Waals surface area (Å²) in [5.41, 5.74) is 2.45. The summed E-state index contributed by atoms with van der Waals surface area (Å²) in [4.78, 5) is 14.9. The number of hydrogen-bond donors (Lipinski definition) is 1. The zero-order valence-corrected chi connectivity index (χ0v) is 12.2. The van der Waals surface area contributed by atoms with E-state index in [0.29, 0.717) is 6.54 Å². The monoisotopic (exact) mass is 276 g/mol. The third-order valence-corrected chi connectivity index (χ3v) is 3.77. The molecule has 0 atom stereocenters. The van der Waals surface area contributed by atoms with Gasteiger partial charge in [-0.05, 0) is 37.6 Å². The zero-order valence-electron chi connectivity index (χ0n) is 12.2. The number of carboxylic acid groups (broad SMARTS) is 1. The Morgan fingerprint density at radius 2 is 1.75 bits per heavy atom. The number of anilines is 1. The van der Waals surface area contributed by atoms with E-state index in [4.69, 9.17) is 5.11 Å². The van der Waals surface area contributed by atoms with Crippen LogP contribution in [0.15, 0.2) is 24.3 Å². The number of benzene rings is 1. The van der Waals surface area contributed by atoms with Crippen LogP contribution in [0.3, 0.4) is 0 Å².